The molecule has 18 heavy (non-hydrogen) atoms. The van der Waals surface area contributed by atoms with Crippen LogP contribution in [0, 0.1) is 0 Å². The van der Waals surface area contributed by atoms with Gasteiger partial charge in [-0.15, -0.1) is 0 Å². The van der Waals surface area contributed by atoms with Crippen molar-refractivity contribution in [2.45, 2.75) is 46.3 Å². The Labute approximate surface area is 116 Å². The van der Waals surface area contributed by atoms with E-state index < -0.39 is 0 Å². The van der Waals surface area contributed by atoms with Gasteiger partial charge in [0, 0.05) is 28.8 Å². The molecule has 0 aliphatic rings. The van der Waals surface area contributed by atoms with Crippen molar-refractivity contribution in [2.75, 3.05) is 0 Å². The number of nitrogens with zero attached hydrogens (tertiary/aromatic N) is 2. The standard InChI is InChI=1S/C13H19BrN2O2/c1-9(2)16(10(3)4)13(18)8-15-7-11(14)5-6-12(15)17/h5-7,9-10H,8H2,1-4H3. The molecule has 0 aromatic carbocycles. The second kappa shape index (κ2) is 6.18. The number of rotatable bonds is 4. The SMILES string of the molecule is CC(C)N(C(=O)Cn1cc(Br)ccc1=O)C(C)C. The molecule has 0 fully saturated rings. The second-order valence-corrected chi connectivity index (χ2v) is 5.72. The van der Waals surface area contributed by atoms with Gasteiger partial charge in [0.2, 0.25) is 5.91 Å². The zero-order valence-corrected chi connectivity index (χ0v) is 12.8. The summed E-state index contributed by atoms with van der Waals surface area (Å²) in [6, 6.07) is 3.37. The quantitative estimate of drug-likeness (QED) is 0.855. The lowest BCUT2D eigenvalue weighted by atomic mass is 10.2. The fraction of sp³-hybridized carbons (Fsp3) is 0.538. The highest BCUT2D eigenvalue weighted by molar-refractivity contribution is 9.10. The second-order valence-electron chi connectivity index (χ2n) is 4.80. The van der Waals surface area contributed by atoms with E-state index in [1.165, 1.54) is 10.6 Å². The minimum Gasteiger partial charge on any atom is -0.336 e. The number of carbonyl (C=O) groups is 1. The first-order valence-corrected chi connectivity index (χ1v) is 6.79. The molecule has 0 aliphatic carbocycles. The molecule has 0 saturated heterocycles. The first kappa shape index (κ1) is 15.0. The average Bonchev–Trinajstić information content (AvgIpc) is 2.22. The van der Waals surface area contributed by atoms with E-state index in [-0.39, 0.29) is 30.1 Å². The molecule has 100 valence electrons. The van der Waals surface area contributed by atoms with Gasteiger partial charge in [-0.3, -0.25) is 9.59 Å². The highest BCUT2D eigenvalue weighted by atomic mass is 79.9. The molecule has 0 radical (unpaired) electrons. The Morgan fingerprint density at radius 2 is 1.83 bits per heavy atom. The zero-order chi connectivity index (χ0) is 13.9. The minimum absolute atomic E-state index is 0.0415. The van der Waals surface area contributed by atoms with Crippen molar-refractivity contribution in [1.82, 2.24) is 9.47 Å². The first-order chi connectivity index (χ1) is 8.32. The molecule has 0 N–H and O–H groups in total. The molecule has 1 heterocycles. The Bertz CT molecular complexity index is 472. The monoisotopic (exact) mass is 314 g/mol. The van der Waals surface area contributed by atoms with E-state index in [4.69, 9.17) is 0 Å². The van der Waals surface area contributed by atoms with Gasteiger partial charge in [-0.25, -0.2) is 0 Å². The number of carbonyl (C=O) groups excluding carboxylic acids is 1. The summed E-state index contributed by atoms with van der Waals surface area (Å²) in [7, 11) is 0. The molecule has 5 heteroatoms. The van der Waals surface area contributed by atoms with Crippen molar-refractivity contribution >= 4 is 21.8 Å². The van der Waals surface area contributed by atoms with E-state index in [2.05, 4.69) is 15.9 Å². The lowest BCUT2D eigenvalue weighted by Gasteiger charge is -2.31. The number of aromatic nitrogens is 1. The topological polar surface area (TPSA) is 42.3 Å². The van der Waals surface area contributed by atoms with Gasteiger partial charge in [-0.2, -0.15) is 0 Å². The summed E-state index contributed by atoms with van der Waals surface area (Å²) in [6.07, 6.45) is 1.64. The third-order valence-electron chi connectivity index (χ3n) is 2.65. The van der Waals surface area contributed by atoms with Crippen molar-refractivity contribution in [1.29, 1.82) is 0 Å². The number of halogens is 1. The Kier molecular flexibility index (Phi) is 5.14. The van der Waals surface area contributed by atoms with Crippen LogP contribution in [0.5, 0.6) is 0 Å². The van der Waals surface area contributed by atoms with Crippen LogP contribution in [0.25, 0.3) is 0 Å². The van der Waals surface area contributed by atoms with Crippen LogP contribution in [-0.2, 0) is 11.3 Å². The van der Waals surface area contributed by atoms with Crippen LogP contribution in [0.1, 0.15) is 27.7 Å². The smallest absolute Gasteiger partial charge is 0.251 e. The third kappa shape index (κ3) is 3.70. The fourth-order valence-corrected chi connectivity index (χ4v) is 2.40. The van der Waals surface area contributed by atoms with Gasteiger partial charge in [0.1, 0.15) is 6.54 Å². The van der Waals surface area contributed by atoms with Crippen LogP contribution in [0.15, 0.2) is 27.6 Å². The van der Waals surface area contributed by atoms with E-state index in [0.717, 1.165) is 4.47 Å². The Balaban J connectivity index is 2.93. The molecule has 0 saturated carbocycles. The van der Waals surface area contributed by atoms with Crippen LogP contribution < -0.4 is 5.56 Å². The maximum atomic E-state index is 12.2. The van der Waals surface area contributed by atoms with Crippen LogP contribution in [0.4, 0.5) is 0 Å². The van der Waals surface area contributed by atoms with E-state index in [1.807, 2.05) is 27.7 Å². The van der Waals surface area contributed by atoms with Crippen LogP contribution >= 0.6 is 15.9 Å². The lowest BCUT2D eigenvalue weighted by molar-refractivity contribution is -0.135. The van der Waals surface area contributed by atoms with E-state index in [1.54, 1.807) is 17.2 Å². The third-order valence-corrected chi connectivity index (χ3v) is 3.12. The summed E-state index contributed by atoms with van der Waals surface area (Å²) in [4.78, 5) is 25.6. The van der Waals surface area contributed by atoms with Crippen molar-refractivity contribution in [3.05, 3.63) is 33.2 Å². The summed E-state index contributed by atoms with van der Waals surface area (Å²) in [5.74, 6) is -0.0415. The normalized spacial score (nSPS) is 11.1. The van der Waals surface area contributed by atoms with E-state index >= 15 is 0 Å². The van der Waals surface area contributed by atoms with Crippen LogP contribution in [0.3, 0.4) is 0 Å². The molecule has 1 rings (SSSR count). The Morgan fingerprint density at radius 1 is 1.28 bits per heavy atom. The molecular weight excluding hydrogens is 296 g/mol. The van der Waals surface area contributed by atoms with Gasteiger partial charge in [0.25, 0.3) is 5.56 Å². The largest absolute Gasteiger partial charge is 0.336 e. The molecule has 0 spiro atoms. The first-order valence-electron chi connectivity index (χ1n) is 6.00. The predicted octanol–water partition coefficient (Wildman–Crippen LogP) is 2.26. The van der Waals surface area contributed by atoms with Gasteiger partial charge in [0.15, 0.2) is 0 Å². The Hall–Kier alpha value is -1.10. The van der Waals surface area contributed by atoms with Crippen molar-refractivity contribution in [3.8, 4) is 0 Å². The maximum absolute atomic E-state index is 12.2. The molecule has 0 unspecified atom stereocenters. The summed E-state index contributed by atoms with van der Waals surface area (Å²) in [5.41, 5.74) is -0.168. The zero-order valence-electron chi connectivity index (χ0n) is 11.2. The predicted molar refractivity (Wildman–Crippen MR) is 75.5 cm³/mol. The molecule has 0 bridgehead atoms. The fourth-order valence-electron chi connectivity index (χ4n) is 2.03. The molecular formula is C13H19BrN2O2. The van der Waals surface area contributed by atoms with E-state index in [9.17, 15) is 9.59 Å². The highest BCUT2D eigenvalue weighted by Crippen LogP contribution is 2.08. The van der Waals surface area contributed by atoms with Crippen molar-refractivity contribution in [2.24, 2.45) is 0 Å². The summed E-state index contributed by atoms with van der Waals surface area (Å²) in [6.45, 7) is 7.97. The molecule has 1 amide bonds. The maximum Gasteiger partial charge on any atom is 0.251 e. The number of hydrogen-bond donors (Lipinski definition) is 0. The number of hydrogen-bond acceptors (Lipinski definition) is 2. The van der Waals surface area contributed by atoms with Gasteiger partial charge < -0.3 is 9.47 Å². The lowest BCUT2D eigenvalue weighted by Crippen LogP contribution is -2.44. The molecule has 4 nitrogen and oxygen atoms in total. The van der Waals surface area contributed by atoms with Gasteiger partial charge >= 0.3 is 0 Å². The average molecular weight is 315 g/mol. The minimum atomic E-state index is -0.168. The van der Waals surface area contributed by atoms with Crippen molar-refractivity contribution in [3.63, 3.8) is 0 Å². The summed E-state index contributed by atoms with van der Waals surface area (Å²) in [5, 5.41) is 0. The molecule has 1 aromatic rings. The molecule has 0 aliphatic heterocycles. The van der Waals surface area contributed by atoms with Gasteiger partial charge in [-0.1, -0.05) is 0 Å². The van der Waals surface area contributed by atoms with Gasteiger partial charge in [0.05, 0.1) is 0 Å². The van der Waals surface area contributed by atoms with Gasteiger partial charge in [-0.05, 0) is 49.7 Å². The molecule has 0 atom stereocenters. The number of pyridine rings is 1. The summed E-state index contributed by atoms with van der Waals surface area (Å²) >= 11 is 3.30. The van der Waals surface area contributed by atoms with Crippen LogP contribution in [0.2, 0.25) is 0 Å². The Morgan fingerprint density at radius 3 is 2.33 bits per heavy atom. The highest BCUT2D eigenvalue weighted by Gasteiger charge is 2.20. The molecule has 1 aromatic heterocycles. The van der Waals surface area contributed by atoms with Crippen molar-refractivity contribution < 1.29 is 4.79 Å². The van der Waals surface area contributed by atoms with E-state index in [0.29, 0.717) is 0 Å². The summed E-state index contributed by atoms with van der Waals surface area (Å²) < 4.78 is 2.21. The van der Waals surface area contributed by atoms with Crippen LogP contribution in [-0.4, -0.2) is 27.5 Å². The number of amides is 1.